The summed E-state index contributed by atoms with van der Waals surface area (Å²) in [4.78, 5) is 0. The molecule has 0 unspecified atom stereocenters. The van der Waals surface area contributed by atoms with E-state index in [1.165, 1.54) is 0 Å². The van der Waals surface area contributed by atoms with Gasteiger partial charge in [0.1, 0.15) is 10.8 Å². The minimum atomic E-state index is 0.352. The van der Waals surface area contributed by atoms with Gasteiger partial charge in [-0.25, -0.2) is 0 Å². The lowest BCUT2D eigenvalue weighted by atomic mass is 10.2. The molecule has 0 saturated heterocycles. The molecule has 1 heterocycles. The molecule has 0 fully saturated rings. The molecule has 146 valence electrons. The summed E-state index contributed by atoms with van der Waals surface area (Å²) in [5.41, 5.74) is 2.78. The van der Waals surface area contributed by atoms with Gasteiger partial charge in [-0.05, 0) is 54.5 Å². The summed E-state index contributed by atoms with van der Waals surface area (Å²) >= 11 is 23.7. The number of methoxy groups -OCH3 is 1. The summed E-state index contributed by atoms with van der Waals surface area (Å²) in [5.74, 6) is 1.14. The molecular formula is C19H17Cl3N4OS. The maximum absolute atomic E-state index is 6.29. The molecule has 0 saturated carbocycles. The topological polar surface area (TPSA) is 51.1 Å². The molecule has 5 nitrogen and oxygen atoms in total. The first kappa shape index (κ1) is 20.7. The highest BCUT2D eigenvalue weighted by Crippen LogP contribution is 2.27. The fourth-order valence-electron chi connectivity index (χ4n) is 2.57. The summed E-state index contributed by atoms with van der Waals surface area (Å²) in [7, 11) is 1.61. The number of benzene rings is 2. The van der Waals surface area contributed by atoms with Gasteiger partial charge < -0.3 is 15.4 Å². The van der Waals surface area contributed by atoms with Gasteiger partial charge in [0, 0.05) is 6.20 Å². The van der Waals surface area contributed by atoms with Crippen LogP contribution in [0.5, 0.6) is 5.75 Å². The van der Waals surface area contributed by atoms with Gasteiger partial charge in [0.05, 0.1) is 29.4 Å². The Morgan fingerprint density at radius 1 is 1.07 bits per heavy atom. The second-order valence-corrected chi connectivity index (χ2v) is 7.68. The van der Waals surface area contributed by atoms with Gasteiger partial charge in [0.2, 0.25) is 0 Å². The van der Waals surface area contributed by atoms with Crippen LogP contribution in [-0.4, -0.2) is 22.0 Å². The molecule has 2 N–H and O–H groups in total. The van der Waals surface area contributed by atoms with Crippen molar-refractivity contribution in [3.05, 3.63) is 68.8 Å². The Balaban J connectivity index is 1.70. The van der Waals surface area contributed by atoms with E-state index in [4.69, 9.17) is 51.8 Å². The van der Waals surface area contributed by atoms with Gasteiger partial charge in [-0.1, -0.05) is 46.9 Å². The van der Waals surface area contributed by atoms with Gasteiger partial charge >= 0.3 is 0 Å². The first-order valence-electron chi connectivity index (χ1n) is 8.25. The van der Waals surface area contributed by atoms with Gasteiger partial charge in [-0.3, -0.25) is 4.68 Å². The van der Waals surface area contributed by atoms with Crippen LogP contribution in [0.25, 0.3) is 0 Å². The van der Waals surface area contributed by atoms with Crippen LogP contribution >= 0.6 is 47.0 Å². The molecule has 0 amide bonds. The number of aromatic nitrogens is 2. The standard InChI is InChI=1S/C19H17Cl3N4OS/c1-11-3-6-17(27-2)16(7-11)23-19(28)24-18-15(22)10-26(25-18)9-12-4-5-13(20)14(21)8-12/h3-8,10H,9H2,1-2H3,(H2,23,24,25,28). The predicted molar refractivity (Wildman–Crippen MR) is 120 cm³/mol. The van der Waals surface area contributed by atoms with Crippen molar-refractivity contribution in [1.82, 2.24) is 9.78 Å². The van der Waals surface area contributed by atoms with Crippen molar-refractivity contribution in [2.75, 3.05) is 17.7 Å². The fraction of sp³-hybridized carbons (Fsp3) is 0.158. The molecule has 0 aliphatic carbocycles. The maximum atomic E-state index is 6.29. The van der Waals surface area contributed by atoms with Gasteiger partial charge in [0.15, 0.2) is 10.9 Å². The molecule has 2 aromatic carbocycles. The number of hydrogen-bond acceptors (Lipinski definition) is 3. The van der Waals surface area contributed by atoms with Crippen molar-refractivity contribution in [3.8, 4) is 5.75 Å². The van der Waals surface area contributed by atoms with Gasteiger partial charge in [0.25, 0.3) is 0 Å². The van der Waals surface area contributed by atoms with Crippen LogP contribution in [0, 0.1) is 6.92 Å². The Morgan fingerprint density at radius 3 is 2.57 bits per heavy atom. The highest BCUT2D eigenvalue weighted by Gasteiger charge is 2.11. The zero-order chi connectivity index (χ0) is 20.3. The van der Waals surface area contributed by atoms with Crippen LogP contribution in [0.3, 0.4) is 0 Å². The monoisotopic (exact) mass is 454 g/mol. The van der Waals surface area contributed by atoms with E-state index >= 15 is 0 Å². The first-order chi connectivity index (χ1) is 13.4. The second-order valence-electron chi connectivity index (χ2n) is 6.05. The quantitative estimate of drug-likeness (QED) is 0.461. The summed E-state index contributed by atoms with van der Waals surface area (Å²) in [6.07, 6.45) is 1.71. The molecule has 0 aliphatic heterocycles. The molecular weight excluding hydrogens is 439 g/mol. The number of halogens is 3. The molecule has 9 heteroatoms. The summed E-state index contributed by atoms with van der Waals surface area (Å²) in [6.45, 7) is 2.48. The van der Waals surface area contributed by atoms with Crippen LogP contribution in [0.2, 0.25) is 15.1 Å². The SMILES string of the molecule is COc1ccc(C)cc1NC(=S)Nc1nn(Cc2ccc(Cl)c(Cl)c2)cc1Cl. The maximum Gasteiger partial charge on any atom is 0.176 e. The van der Waals surface area contributed by atoms with Crippen molar-refractivity contribution < 1.29 is 4.74 Å². The zero-order valence-electron chi connectivity index (χ0n) is 15.1. The van der Waals surface area contributed by atoms with Crippen LogP contribution in [0.4, 0.5) is 11.5 Å². The third-order valence-electron chi connectivity index (χ3n) is 3.88. The third kappa shape index (κ3) is 5.08. The lowest BCUT2D eigenvalue weighted by Crippen LogP contribution is -2.20. The van der Waals surface area contributed by atoms with Crippen molar-refractivity contribution in [2.45, 2.75) is 13.5 Å². The first-order valence-corrected chi connectivity index (χ1v) is 9.79. The van der Waals surface area contributed by atoms with Gasteiger partial charge in [-0.15, -0.1) is 0 Å². The average Bonchev–Trinajstić information content (AvgIpc) is 2.97. The molecule has 3 rings (SSSR count). The Morgan fingerprint density at radius 2 is 1.86 bits per heavy atom. The number of aryl methyl sites for hydroxylation is 1. The number of rotatable bonds is 5. The van der Waals surface area contributed by atoms with Crippen molar-refractivity contribution in [3.63, 3.8) is 0 Å². The zero-order valence-corrected chi connectivity index (χ0v) is 18.2. The molecule has 3 aromatic rings. The highest BCUT2D eigenvalue weighted by atomic mass is 35.5. The number of ether oxygens (including phenoxy) is 1. The summed E-state index contributed by atoms with van der Waals surface area (Å²) in [5, 5.41) is 12.4. The molecule has 0 radical (unpaired) electrons. The van der Waals surface area contributed by atoms with Crippen LogP contribution in [-0.2, 0) is 6.54 Å². The smallest absolute Gasteiger partial charge is 0.176 e. The van der Waals surface area contributed by atoms with E-state index in [9.17, 15) is 0 Å². The lowest BCUT2D eigenvalue weighted by molar-refractivity contribution is 0.417. The number of nitrogens with one attached hydrogen (secondary N) is 2. The van der Waals surface area contributed by atoms with E-state index < -0.39 is 0 Å². The van der Waals surface area contributed by atoms with E-state index in [0.717, 1.165) is 16.8 Å². The number of thiocarbonyl (C=S) groups is 1. The number of anilines is 2. The van der Waals surface area contributed by atoms with E-state index in [1.54, 1.807) is 30.1 Å². The molecule has 0 bridgehead atoms. The summed E-state index contributed by atoms with van der Waals surface area (Å²) in [6, 6.07) is 11.2. The van der Waals surface area contributed by atoms with E-state index in [-0.39, 0.29) is 0 Å². The van der Waals surface area contributed by atoms with E-state index in [0.29, 0.717) is 38.3 Å². The molecule has 0 atom stereocenters. The Kier molecular flexibility index (Phi) is 6.67. The Hall–Kier alpha value is -1.99. The van der Waals surface area contributed by atoms with Crippen molar-refractivity contribution in [1.29, 1.82) is 0 Å². The lowest BCUT2D eigenvalue weighted by Gasteiger charge is -2.13. The molecule has 0 aliphatic rings. The number of nitrogens with zero attached hydrogens (tertiary/aromatic N) is 2. The minimum Gasteiger partial charge on any atom is -0.495 e. The predicted octanol–water partition coefficient (Wildman–Crippen LogP) is 6.02. The van der Waals surface area contributed by atoms with Crippen LogP contribution < -0.4 is 15.4 Å². The Bertz CT molecular complexity index is 1020. The fourth-order valence-corrected chi connectivity index (χ4v) is 3.29. The largest absolute Gasteiger partial charge is 0.495 e. The third-order valence-corrected chi connectivity index (χ3v) is 5.10. The van der Waals surface area contributed by atoms with E-state index in [2.05, 4.69) is 15.7 Å². The average molecular weight is 456 g/mol. The summed E-state index contributed by atoms with van der Waals surface area (Å²) < 4.78 is 7.04. The Labute approximate surface area is 183 Å². The molecule has 28 heavy (non-hydrogen) atoms. The second kappa shape index (κ2) is 9.01. The van der Waals surface area contributed by atoms with E-state index in [1.807, 2.05) is 31.2 Å². The van der Waals surface area contributed by atoms with Crippen LogP contribution in [0.15, 0.2) is 42.6 Å². The van der Waals surface area contributed by atoms with Crippen LogP contribution in [0.1, 0.15) is 11.1 Å². The molecule has 1 aromatic heterocycles. The van der Waals surface area contributed by atoms with Crippen molar-refractivity contribution in [2.24, 2.45) is 0 Å². The normalized spacial score (nSPS) is 10.6. The van der Waals surface area contributed by atoms with Crippen molar-refractivity contribution >= 4 is 63.6 Å². The highest BCUT2D eigenvalue weighted by molar-refractivity contribution is 7.80. The molecule has 0 spiro atoms. The number of hydrogen-bond donors (Lipinski definition) is 2. The minimum absolute atomic E-state index is 0.352. The van der Waals surface area contributed by atoms with Gasteiger partial charge in [-0.2, -0.15) is 5.10 Å².